The van der Waals surface area contributed by atoms with Crippen LogP contribution < -0.4 is 10.1 Å². The molecule has 2 aromatic heterocycles. The van der Waals surface area contributed by atoms with Gasteiger partial charge in [-0.1, -0.05) is 0 Å². The quantitative estimate of drug-likeness (QED) is 0.660. The van der Waals surface area contributed by atoms with E-state index in [4.69, 9.17) is 4.74 Å². The van der Waals surface area contributed by atoms with Crippen molar-refractivity contribution in [2.45, 2.75) is 18.9 Å². The van der Waals surface area contributed by atoms with Gasteiger partial charge >= 0.3 is 0 Å². The highest BCUT2D eigenvalue weighted by Gasteiger charge is 2.31. The third-order valence-electron chi connectivity index (χ3n) is 5.11. The SMILES string of the molecule is O=C1CC[C@H]2COc3ccn4ncc(c4n3)-c3cc(F)cc(c3)NCCN12. The highest BCUT2D eigenvalue weighted by molar-refractivity contribution is 5.80. The number of hydrogen-bond acceptors (Lipinski definition) is 5. The number of benzene rings is 1. The summed E-state index contributed by atoms with van der Waals surface area (Å²) in [5.41, 5.74) is 2.68. The lowest BCUT2D eigenvalue weighted by molar-refractivity contribution is -0.129. The van der Waals surface area contributed by atoms with Gasteiger partial charge in [-0.2, -0.15) is 10.1 Å². The van der Waals surface area contributed by atoms with E-state index in [1.165, 1.54) is 12.1 Å². The Bertz CT molecular complexity index is 1030. The van der Waals surface area contributed by atoms with Gasteiger partial charge in [-0.25, -0.2) is 8.91 Å². The van der Waals surface area contributed by atoms with E-state index in [-0.39, 0.29) is 17.8 Å². The van der Waals surface area contributed by atoms with E-state index >= 15 is 0 Å². The molecular weight excluding hydrogens is 349 g/mol. The Morgan fingerprint density at radius 3 is 3.15 bits per heavy atom. The van der Waals surface area contributed by atoms with Crippen LogP contribution in [0, 0.1) is 5.82 Å². The van der Waals surface area contributed by atoms with Crippen molar-refractivity contribution in [3.05, 3.63) is 42.5 Å². The fourth-order valence-electron chi connectivity index (χ4n) is 3.76. The Labute approximate surface area is 154 Å². The number of ether oxygens (including phenoxy) is 1. The number of aromatic nitrogens is 3. The number of carbonyl (C=O) groups is 1. The van der Waals surface area contributed by atoms with Gasteiger partial charge in [0, 0.05) is 43.0 Å². The molecule has 1 saturated heterocycles. The molecule has 2 aliphatic heterocycles. The lowest BCUT2D eigenvalue weighted by Gasteiger charge is -2.25. The summed E-state index contributed by atoms with van der Waals surface area (Å²) in [5.74, 6) is 0.248. The van der Waals surface area contributed by atoms with Gasteiger partial charge in [0.25, 0.3) is 0 Å². The Morgan fingerprint density at radius 1 is 1.30 bits per heavy atom. The lowest BCUT2D eigenvalue weighted by atomic mass is 10.1. The number of carbonyl (C=O) groups excluding carboxylic acids is 1. The normalized spacial score (nSPS) is 19.5. The van der Waals surface area contributed by atoms with E-state index in [1.54, 1.807) is 23.0 Å². The molecular formula is C19H18FN5O2. The van der Waals surface area contributed by atoms with E-state index in [0.29, 0.717) is 48.9 Å². The molecule has 1 fully saturated rings. The Hall–Kier alpha value is -3.16. The molecule has 7 nitrogen and oxygen atoms in total. The van der Waals surface area contributed by atoms with E-state index in [2.05, 4.69) is 15.4 Å². The van der Waals surface area contributed by atoms with Crippen LogP contribution in [0.1, 0.15) is 12.8 Å². The van der Waals surface area contributed by atoms with E-state index in [1.807, 2.05) is 11.0 Å². The molecule has 5 rings (SSSR count). The van der Waals surface area contributed by atoms with Crippen LogP contribution in [0.2, 0.25) is 0 Å². The average molecular weight is 367 g/mol. The first-order chi connectivity index (χ1) is 13.2. The third kappa shape index (κ3) is 2.87. The van der Waals surface area contributed by atoms with Gasteiger partial charge in [-0.3, -0.25) is 4.79 Å². The first-order valence-electron chi connectivity index (χ1n) is 8.99. The zero-order chi connectivity index (χ0) is 18.4. The van der Waals surface area contributed by atoms with Gasteiger partial charge in [0.1, 0.15) is 12.4 Å². The molecule has 1 atom stereocenters. The largest absolute Gasteiger partial charge is 0.475 e. The maximum Gasteiger partial charge on any atom is 0.223 e. The van der Waals surface area contributed by atoms with E-state index in [0.717, 1.165) is 12.0 Å². The number of rotatable bonds is 0. The van der Waals surface area contributed by atoms with Gasteiger partial charge in [-0.15, -0.1) is 0 Å². The van der Waals surface area contributed by atoms with Crippen molar-refractivity contribution >= 4 is 17.2 Å². The molecule has 0 spiro atoms. The van der Waals surface area contributed by atoms with Crippen molar-refractivity contribution < 1.29 is 13.9 Å². The zero-order valence-electron chi connectivity index (χ0n) is 14.6. The van der Waals surface area contributed by atoms with Crippen LogP contribution in [-0.2, 0) is 4.79 Å². The van der Waals surface area contributed by atoms with Crippen LogP contribution in [0.25, 0.3) is 16.8 Å². The highest BCUT2D eigenvalue weighted by atomic mass is 19.1. The molecule has 2 aliphatic rings. The Kier molecular flexibility index (Phi) is 3.70. The number of halogens is 1. The molecule has 1 N–H and O–H groups in total. The van der Waals surface area contributed by atoms with Gasteiger partial charge in [-0.05, 0) is 30.2 Å². The minimum absolute atomic E-state index is 0.0210. The summed E-state index contributed by atoms with van der Waals surface area (Å²) in [4.78, 5) is 18.6. The first-order valence-corrected chi connectivity index (χ1v) is 8.99. The molecule has 0 radical (unpaired) electrons. The number of nitrogens with one attached hydrogen (secondary N) is 1. The van der Waals surface area contributed by atoms with Crippen LogP contribution >= 0.6 is 0 Å². The molecule has 4 heterocycles. The summed E-state index contributed by atoms with van der Waals surface area (Å²) in [6.45, 7) is 1.49. The van der Waals surface area contributed by atoms with Crippen LogP contribution in [0.4, 0.5) is 10.1 Å². The fraction of sp³-hybridized carbons (Fsp3) is 0.316. The standard InChI is InChI=1S/C19H18FN5O2/c20-13-7-12-8-14(9-13)21-4-6-24-15(1-2-18(24)26)11-27-17-3-5-25-19(23-17)16(12)10-22-25/h3,5,7-10,15,21H,1-2,4,6,11H2/t15-/m0/s1. The van der Waals surface area contributed by atoms with Crippen LogP contribution in [0.15, 0.2) is 36.7 Å². The molecule has 138 valence electrons. The predicted octanol–water partition coefficient (Wildman–Crippen LogP) is 2.33. The number of fused-ring (bicyclic) bond motifs is 5. The second kappa shape index (κ2) is 6.22. The first kappa shape index (κ1) is 16.0. The summed E-state index contributed by atoms with van der Waals surface area (Å²) < 4.78 is 21.7. The van der Waals surface area contributed by atoms with Gasteiger partial charge < -0.3 is 15.0 Å². The van der Waals surface area contributed by atoms with Crippen molar-refractivity contribution in [3.8, 4) is 17.0 Å². The van der Waals surface area contributed by atoms with Crippen molar-refractivity contribution in [1.82, 2.24) is 19.5 Å². The van der Waals surface area contributed by atoms with E-state index in [9.17, 15) is 9.18 Å². The van der Waals surface area contributed by atoms with Crippen molar-refractivity contribution in [2.75, 3.05) is 25.0 Å². The van der Waals surface area contributed by atoms with Gasteiger partial charge in [0.2, 0.25) is 11.8 Å². The molecule has 3 aromatic rings. The van der Waals surface area contributed by atoms with Crippen molar-refractivity contribution in [2.24, 2.45) is 0 Å². The minimum atomic E-state index is -0.344. The number of hydrogen-bond donors (Lipinski definition) is 1. The van der Waals surface area contributed by atoms with Crippen LogP contribution in [0.5, 0.6) is 5.88 Å². The van der Waals surface area contributed by atoms with Crippen LogP contribution in [0.3, 0.4) is 0 Å². The molecule has 0 aliphatic carbocycles. The molecule has 27 heavy (non-hydrogen) atoms. The number of anilines is 1. The van der Waals surface area contributed by atoms with Crippen molar-refractivity contribution in [1.29, 1.82) is 0 Å². The smallest absolute Gasteiger partial charge is 0.223 e. The maximum absolute atomic E-state index is 14.2. The number of nitrogens with zero attached hydrogens (tertiary/aromatic N) is 4. The molecule has 0 unspecified atom stereocenters. The molecule has 8 heteroatoms. The molecule has 4 bridgehead atoms. The molecule has 0 saturated carbocycles. The van der Waals surface area contributed by atoms with E-state index < -0.39 is 0 Å². The Balaban J connectivity index is 1.61. The fourth-order valence-corrected chi connectivity index (χ4v) is 3.76. The second-order valence-electron chi connectivity index (χ2n) is 6.84. The van der Waals surface area contributed by atoms with Crippen molar-refractivity contribution in [3.63, 3.8) is 0 Å². The summed E-state index contributed by atoms with van der Waals surface area (Å²) in [6.07, 6.45) is 4.73. The molecule has 1 aromatic carbocycles. The van der Waals surface area contributed by atoms with Gasteiger partial charge in [0.15, 0.2) is 5.65 Å². The monoisotopic (exact) mass is 367 g/mol. The topological polar surface area (TPSA) is 71.8 Å². The molecule has 1 amide bonds. The highest BCUT2D eigenvalue weighted by Crippen LogP contribution is 2.29. The minimum Gasteiger partial charge on any atom is -0.475 e. The summed E-state index contributed by atoms with van der Waals surface area (Å²) in [6, 6.07) is 6.54. The van der Waals surface area contributed by atoms with Gasteiger partial charge in [0.05, 0.1) is 12.2 Å². The lowest BCUT2D eigenvalue weighted by Crippen LogP contribution is -2.40. The Morgan fingerprint density at radius 2 is 2.22 bits per heavy atom. The third-order valence-corrected chi connectivity index (χ3v) is 5.11. The summed E-state index contributed by atoms with van der Waals surface area (Å²) in [5, 5.41) is 7.52. The zero-order valence-corrected chi connectivity index (χ0v) is 14.6. The predicted molar refractivity (Wildman–Crippen MR) is 97.1 cm³/mol. The summed E-state index contributed by atoms with van der Waals surface area (Å²) >= 11 is 0. The average Bonchev–Trinajstić information content (AvgIpc) is 3.23. The second-order valence-corrected chi connectivity index (χ2v) is 6.84. The number of amides is 1. The summed E-state index contributed by atoms with van der Waals surface area (Å²) in [7, 11) is 0. The maximum atomic E-state index is 14.2. The van der Waals surface area contributed by atoms with Crippen LogP contribution in [-0.4, -0.2) is 51.1 Å².